The quantitative estimate of drug-likeness (QED) is 0.476. The first kappa shape index (κ1) is 20.4. The maximum atomic E-state index is 12.8. The highest BCUT2D eigenvalue weighted by molar-refractivity contribution is 6.04. The van der Waals surface area contributed by atoms with Crippen molar-refractivity contribution in [2.24, 2.45) is 0 Å². The van der Waals surface area contributed by atoms with E-state index in [1.807, 2.05) is 37.3 Å². The second kappa shape index (κ2) is 8.10. The molecule has 0 saturated heterocycles. The number of amides is 1. The topological polar surface area (TPSA) is 71.3 Å². The molecule has 0 spiro atoms. The van der Waals surface area contributed by atoms with Crippen LogP contribution in [0.3, 0.4) is 0 Å². The zero-order chi connectivity index (χ0) is 22.0. The van der Waals surface area contributed by atoms with Gasteiger partial charge in [-0.3, -0.25) is 14.2 Å². The molecule has 1 amide bonds. The average molecular weight is 425 g/mol. The molecule has 4 rings (SSSR count). The first-order valence-electron chi connectivity index (χ1n) is 9.41. The lowest BCUT2D eigenvalue weighted by atomic mass is 10.1. The van der Waals surface area contributed by atoms with Crippen LogP contribution in [0.5, 0.6) is 0 Å². The van der Waals surface area contributed by atoms with Gasteiger partial charge < -0.3 is 10.6 Å². The fourth-order valence-electron chi connectivity index (χ4n) is 3.05. The summed E-state index contributed by atoms with van der Waals surface area (Å²) < 4.78 is 39.6. The summed E-state index contributed by atoms with van der Waals surface area (Å²) in [6, 6.07) is 13.2. The largest absolute Gasteiger partial charge is 0.433 e. The minimum absolute atomic E-state index is 0.287. The van der Waals surface area contributed by atoms with Gasteiger partial charge in [-0.05, 0) is 48.4 Å². The summed E-state index contributed by atoms with van der Waals surface area (Å²) in [5.41, 5.74) is 2.94. The van der Waals surface area contributed by atoms with E-state index < -0.39 is 11.9 Å². The van der Waals surface area contributed by atoms with Crippen molar-refractivity contribution in [2.45, 2.75) is 19.6 Å². The number of imidazole rings is 1. The number of hydrogen-bond acceptors (Lipinski definition) is 4. The van der Waals surface area contributed by atoms with E-state index in [1.54, 1.807) is 16.7 Å². The molecular weight excluding hydrogens is 407 g/mol. The molecule has 0 fully saturated rings. The summed E-state index contributed by atoms with van der Waals surface area (Å²) in [5.74, 6) is -0.300. The molecule has 0 atom stereocenters. The molecule has 0 saturated carbocycles. The lowest BCUT2D eigenvalue weighted by Gasteiger charge is -2.12. The van der Waals surface area contributed by atoms with Crippen molar-refractivity contribution in [3.05, 3.63) is 89.6 Å². The van der Waals surface area contributed by atoms with Gasteiger partial charge in [-0.2, -0.15) is 13.2 Å². The molecule has 2 N–H and O–H groups in total. The van der Waals surface area contributed by atoms with Crippen molar-refractivity contribution in [1.29, 1.82) is 0 Å². The summed E-state index contributed by atoms with van der Waals surface area (Å²) in [6.45, 7) is 2.16. The Labute approximate surface area is 175 Å². The van der Waals surface area contributed by atoms with Gasteiger partial charge in [0.05, 0.1) is 6.20 Å². The van der Waals surface area contributed by atoms with Crippen LogP contribution in [-0.4, -0.2) is 20.3 Å². The smallest absolute Gasteiger partial charge is 0.381 e. The Kier molecular flexibility index (Phi) is 5.33. The standard InChI is InChI=1S/C22H18F3N5O/c1-14-5-7-16(26-11-15-6-8-19(27-12-15)22(23,24)25)10-17(14)29-21(31)18-13-28-20-4-2-3-9-30(18)20/h2-10,12-13,26H,11H2,1H3,(H,29,31). The highest BCUT2D eigenvalue weighted by Crippen LogP contribution is 2.27. The summed E-state index contributed by atoms with van der Waals surface area (Å²) in [6.07, 6.45) is 0.00812. The molecule has 6 nitrogen and oxygen atoms in total. The number of pyridine rings is 2. The zero-order valence-corrected chi connectivity index (χ0v) is 16.4. The van der Waals surface area contributed by atoms with Crippen molar-refractivity contribution in [2.75, 3.05) is 10.6 Å². The van der Waals surface area contributed by atoms with Crippen molar-refractivity contribution in [3.63, 3.8) is 0 Å². The number of hydrogen-bond donors (Lipinski definition) is 2. The Hall–Kier alpha value is -3.88. The van der Waals surface area contributed by atoms with Crippen LogP contribution in [0.2, 0.25) is 0 Å². The van der Waals surface area contributed by atoms with Gasteiger partial charge in [0.25, 0.3) is 5.91 Å². The Morgan fingerprint density at radius 1 is 1.06 bits per heavy atom. The second-order valence-corrected chi connectivity index (χ2v) is 6.96. The molecule has 0 aliphatic rings. The fourth-order valence-corrected chi connectivity index (χ4v) is 3.05. The summed E-state index contributed by atoms with van der Waals surface area (Å²) in [5, 5.41) is 6.02. The van der Waals surface area contributed by atoms with Crippen LogP contribution in [0.25, 0.3) is 5.65 Å². The van der Waals surface area contributed by atoms with Gasteiger partial charge >= 0.3 is 6.18 Å². The number of nitrogens with zero attached hydrogens (tertiary/aromatic N) is 3. The molecule has 0 radical (unpaired) electrons. The van der Waals surface area contributed by atoms with Crippen LogP contribution in [0.15, 0.2) is 67.1 Å². The fraction of sp³-hybridized carbons (Fsp3) is 0.136. The Bertz CT molecular complexity index is 1230. The highest BCUT2D eigenvalue weighted by Gasteiger charge is 2.31. The van der Waals surface area contributed by atoms with E-state index in [4.69, 9.17) is 0 Å². The maximum absolute atomic E-state index is 12.8. The molecule has 1 aromatic carbocycles. The molecule has 9 heteroatoms. The number of benzene rings is 1. The molecule has 3 aromatic heterocycles. The number of aryl methyl sites for hydroxylation is 1. The van der Waals surface area contributed by atoms with Crippen molar-refractivity contribution < 1.29 is 18.0 Å². The van der Waals surface area contributed by atoms with E-state index in [0.29, 0.717) is 28.3 Å². The Morgan fingerprint density at radius 2 is 1.90 bits per heavy atom. The molecule has 0 aliphatic heterocycles. The predicted molar refractivity (Wildman–Crippen MR) is 111 cm³/mol. The van der Waals surface area contributed by atoms with Gasteiger partial charge in [0, 0.05) is 30.3 Å². The summed E-state index contributed by atoms with van der Waals surface area (Å²) in [7, 11) is 0. The van der Waals surface area contributed by atoms with Crippen molar-refractivity contribution in [1.82, 2.24) is 14.4 Å². The van der Waals surface area contributed by atoms with E-state index in [-0.39, 0.29) is 12.5 Å². The number of fused-ring (bicyclic) bond motifs is 1. The van der Waals surface area contributed by atoms with E-state index in [9.17, 15) is 18.0 Å². The second-order valence-electron chi connectivity index (χ2n) is 6.96. The molecule has 0 aliphatic carbocycles. The first-order valence-corrected chi connectivity index (χ1v) is 9.41. The molecular formula is C22H18F3N5O. The monoisotopic (exact) mass is 425 g/mol. The van der Waals surface area contributed by atoms with Gasteiger partial charge in [0.2, 0.25) is 0 Å². The number of carbonyl (C=O) groups excluding carboxylic acids is 1. The minimum atomic E-state index is -4.46. The van der Waals surface area contributed by atoms with Crippen LogP contribution in [0.4, 0.5) is 24.5 Å². The third kappa shape index (κ3) is 4.50. The number of nitrogens with one attached hydrogen (secondary N) is 2. The number of halogens is 3. The number of aromatic nitrogens is 3. The number of rotatable bonds is 5. The molecule has 31 heavy (non-hydrogen) atoms. The normalized spacial score (nSPS) is 11.5. The predicted octanol–water partition coefficient (Wildman–Crippen LogP) is 4.92. The Balaban J connectivity index is 1.46. The van der Waals surface area contributed by atoms with Crippen LogP contribution in [0, 0.1) is 6.92 Å². The number of alkyl halides is 3. The molecule has 0 bridgehead atoms. The lowest BCUT2D eigenvalue weighted by Crippen LogP contribution is -2.15. The molecule has 0 unspecified atom stereocenters. The highest BCUT2D eigenvalue weighted by atomic mass is 19.4. The minimum Gasteiger partial charge on any atom is -0.381 e. The molecule has 3 heterocycles. The number of carbonyl (C=O) groups is 1. The maximum Gasteiger partial charge on any atom is 0.433 e. The van der Waals surface area contributed by atoms with E-state index >= 15 is 0 Å². The lowest BCUT2D eigenvalue weighted by molar-refractivity contribution is -0.141. The zero-order valence-electron chi connectivity index (χ0n) is 16.4. The Morgan fingerprint density at radius 3 is 2.65 bits per heavy atom. The van der Waals surface area contributed by atoms with Crippen LogP contribution in [0.1, 0.15) is 27.3 Å². The van der Waals surface area contributed by atoms with Crippen LogP contribution >= 0.6 is 0 Å². The van der Waals surface area contributed by atoms with Gasteiger partial charge in [0.1, 0.15) is 17.0 Å². The van der Waals surface area contributed by atoms with E-state index in [2.05, 4.69) is 20.6 Å². The number of anilines is 2. The van der Waals surface area contributed by atoms with Crippen molar-refractivity contribution in [3.8, 4) is 0 Å². The van der Waals surface area contributed by atoms with E-state index in [1.165, 1.54) is 18.5 Å². The van der Waals surface area contributed by atoms with Crippen LogP contribution in [-0.2, 0) is 12.7 Å². The van der Waals surface area contributed by atoms with Crippen LogP contribution < -0.4 is 10.6 Å². The van der Waals surface area contributed by atoms with Gasteiger partial charge in [-0.25, -0.2) is 4.98 Å². The van der Waals surface area contributed by atoms with Gasteiger partial charge in [0.15, 0.2) is 0 Å². The first-order chi connectivity index (χ1) is 14.8. The third-order valence-corrected chi connectivity index (χ3v) is 4.75. The van der Waals surface area contributed by atoms with Gasteiger partial charge in [-0.15, -0.1) is 0 Å². The molecule has 158 valence electrons. The summed E-state index contributed by atoms with van der Waals surface area (Å²) >= 11 is 0. The molecule has 4 aromatic rings. The van der Waals surface area contributed by atoms with Gasteiger partial charge in [-0.1, -0.05) is 18.2 Å². The average Bonchev–Trinajstić information content (AvgIpc) is 3.18. The van der Waals surface area contributed by atoms with E-state index in [0.717, 1.165) is 11.6 Å². The van der Waals surface area contributed by atoms with Crippen molar-refractivity contribution >= 4 is 22.9 Å². The SMILES string of the molecule is Cc1ccc(NCc2ccc(C(F)(F)F)nc2)cc1NC(=O)c1cnc2ccccn12. The third-order valence-electron chi connectivity index (χ3n) is 4.75. The summed E-state index contributed by atoms with van der Waals surface area (Å²) in [4.78, 5) is 20.4.